The number of urea groups is 1. The first-order valence-corrected chi connectivity index (χ1v) is 6.66. The summed E-state index contributed by atoms with van der Waals surface area (Å²) in [7, 11) is 1.40. The van der Waals surface area contributed by atoms with E-state index in [1.807, 2.05) is 6.92 Å². The highest BCUT2D eigenvalue weighted by Crippen LogP contribution is 2.33. The molecule has 9 heteroatoms. The first-order valence-electron chi connectivity index (χ1n) is 6.66. The molecule has 0 saturated carbocycles. The summed E-state index contributed by atoms with van der Waals surface area (Å²) in [5, 5.41) is 10.2. The summed E-state index contributed by atoms with van der Waals surface area (Å²) in [5.41, 5.74) is -0.946. The number of ether oxygens (including phenoxy) is 1. The lowest BCUT2D eigenvalue weighted by atomic mass is 10.2. The number of likely N-dealkylation sites (N-methyl/N-ethyl adjacent to an activating group) is 1. The number of amides is 2. The molecule has 0 radical (unpaired) electrons. The molecule has 1 aromatic rings. The van der Waals surface area contributed by atoms with Gasteiger partial charge in [0.25, 0.3) is 0 Å². The fourth-order valence-electron chi connectivity index (χ4n) is 2.12. The number of carbonyl (C=O) groups is 1. The van der Waals surface area contributed by atoms with Gasteiger partial charge >= 0.3 is 12.2 Å². The predicted molar refractivity (Wildman–Crippen MR) is 70.9 cm³/mol. The van der Waals surface area contributed by atoms with Crippen LogP contribution >= 0.6 is 0 Å². The Morgan fingerprint density at radius 3 is 2.73 bits per heavy atom. The molecule has 1 aliphatic heterocycles. The van der Waals surface area contributed by atoms with Crippen LogP contribution in [0.4, 0.5) is 23.8 Å². The van der Waals surface area contributed by atoms with Crippen molar-refractivity contribution >= 4 is 11.8 Å². The van der Waals surface area contributed by atoms with Gasteiger partial charge in [-0.2, -0.15) is 13.2 Å². The van der Waals surface area contributed by atoms with Gasteiger partial charge in [-0.15, -0.1) is 0 Å². The Morgan fingerprint density at radius 1 is 1.45 bits per heavy atom. The number of anilines is 1. The van der Waals surface area contributed by atoms with Crippen molar-refractivity contribution in [1.29, 1.82) is 0 Å². The maximum atomic E-state index is 12.7. The molecule has 0 aromatic carbocycles. The quantitative estimate of drug-likeness (QED) is 0.922. The molecule has 2 heterocycles. The molecule has 0 bridgehead atoms. The van der Waals surface area contributed by atoms with Gasteiger partial charge in [-0.3, -0.25) is 4.90 Å². The molecular weight excluding hydrogens is 303 g/mol. The highest BCUT2D eigenvalue weighted by atomic mass is 19.4. The average molecular weight is 319 g/mol. The van der Waals surface area contributed by atoms with Crippen molar-refractivity contribution in [3.05, 3.63) is 23.9 Å². The Kier molecular flexibility index (Phi) is 4.57. The van der Waals surface area contributed by atoms with Crippen molar-refractivity contribution in [1.82, 2.24) is 9.88 Å². The predicted octanol–water partition coefficient (Wildman–Crippen LogP) is 2.04. The van der Waals surface area contributed by atoms with E-state index in [4.69, 9.17) is 4.74 Å². The molecule has 1 fully saturated rings. The molecule has 122 valence electrons. The number of rotatable bonds is 4. The monoisotopic (exact) mass is 319 g/mol. The molecule has 0 aliphatic carbocycles. The molecule has 6 nitrogen and oxygen atoms in total. The number of aliphatic hydroxyl groups excluding tert-OH is 1. The smallest absolute Gasteiger partial charge is 0.369 e. The summed E-state index contributed by atoms with van der Waals surface area (Å²) in [4.78, 5) is 17.8. The van der Waals surface area contributed by atoms with Crippen molar-refractivity contribution in [3.63, 3.8) is 0 Å². The molecule has 22 heavy (non-hydrogen) atoms. The van der Waals surface area contributed by atoms with E-state index < -0.39 is 30.2 Å². The molecule has 2 rings (SSSR count). The van der Waals surface area contributed by atoms with Gasteiger partial charge in [0.1, 0.15) is 5.82 Å². The van der Waals surface area contributed by atoms with E-state index >= 15 is 0 Å². The van der Waals surface area contributed by atoms with Crippen molar-refractivity contribution in [2.75, 3.05) is 18.6 Å². The summed E-state index contributed by atoms with van der Waals surface area (Å²) < 4.78 is 43.6. The van der Waals surface area contributed by atoms with Crippen molar-refractivity contribution < 1.29 is 27.8 Å². The fraction of sp³-hybridized carbons (Fsp3) is 0.538. The Balaban J connectivity index is 2.30. The number of carbonyl (C=O) groups excluding carboxylic acids is 1. The van der Waals surface area contributed by atoms with Crippen LogP contribution in [-0.4, -0.2) is 47.1 Å². The first kappa shape index (κ1) is 16.5. The summed E-state index contributed by atoms with van der Waals surface area (Å²) in [5.74, 6) is -0.276. The number of halogens is 3. The lowest BCUT2D eigenvalue weighted by Crippen LogP contribution is -2.39. The summed E-state index contributed by atoms with van der Waals surface area (Å²) in [6.45, 7) is 2.17. The molecule has 0 spiro atoms. The topological polar surface area (TPSA) is 65.9 Å². The van der Waals surface area contributed by atoms with E-state index in [0.29, 0.717) is 13.0 Å². The SMILES string of the molecule is CCCOC1C(O)N(c2cc(C(F)(F)F)ccn2)C(=O)N1C. The van der Waals surface area contributed by atoms with Crippen molar-refractivity contribution in [2.24, 2.45) is 0 Å². The minimum absolute atomic E-state index is 0.276. The lowest BCUT2D eigenvalue weighted by Gasteiger charge is -2.22. The Labute approximate surface area is 125 Å². The third kappa shape index (κ3) is 3.00. The standard InChI is InChI=1S/C13H16F3N3O3/c1-3-6-22-11-10(20)19(12(21)18(11)2)9-7-8(4-5-17-9)13(14,15)16/h4-5,7,10-11,20H,3,6H2,1-2H3. The molecule has 2 amide bonds. The molecule has 1 aromatic heterocycles. The van der Waals surface area contributed by atoms with E-state index in [9.17, 15) is 23.1 Å². The van der Waals surface area contributed by atoms with Crippen molar-refractivity contribution in [2.45, 2.75) is 32.0 Å². The van der Waals surface area contributed by atoms with Crippen LogP contribution in [0.1, 0.15) is 18.9 Å². The first-order chi connectivity index (χ1) is 10.3. The van der Waals surface area contributed by atoms with Gasteiger partial charge in [-0.25, -0.2) is 14.7 Å². The number of alkyl halides is 3. The summed E-state index contributed by atoms with van der Waals surface area (Å²) >= 11 is 0. The van der Waals surface area contributed by atoms with Gasteiger partial charge in [0.2, 0.25) is 0 Å². The second-order valence-corrected chi connectivity index (χ2v) is 4.84. The zero-order valence-electron chi connectivity index (χ0n) is 12.0. The van der Waals surface area contributed by atoms with Crippen molar-refractivity contribution in [3.8, 4) is 0 Å². The van der Waals surface area contributed by atoms with E-state index in [2.05, 4.69) is 4.98 Å². The number of aliphatic hydroxyl groups is 1. The average Bonchev–Trinajstić information content (AvgIpc) is 2.67. The minimum Gasteiger partial charge on any atom is -0.369 e. The molecule has 2 unspecified atom stereocenters. The number of aromatic nitrogens is 1. The Bertz CT molecular complexity index is 553. The van der Waals surface area contributed by atoms with Gasteiger partial charge in [-0.05, 0) is 18.6 Å². The largest absolute Gasteiger partial charge is 0.416 e. The van der Waals surface area contributed by atoms with E-state index in [0.717, 1.165) is 28.1 Å². The number of hydrogen-bond acceptors (Lipinski definition) is 4. The van der Waals surface area contributed by atoms with Crippen LogP contribution in [0, 0.1) is 0 Å². The third-order valence-electron chi connectivity index (χ3n) is 3.22. The molecule has 1 saturated heterocycles. The highest BCUT2D eigenvalue weighted by Gasteiger charge is 2.45. The highest BCUT2D eigenvalue weighted by molar-refractivity contribution is 5.93. The van der Waals surface area contributed by atoms with Crippen LogP contribution in [0.2, 0.25) is 0 Å². The van der Waals surface area contributed by atoms with Crippen LogP contribution in [0.15, 0.2) is 18.3 Å². The minimum atomic E-state index is -4.56. The van der Waals surface area contributed by atoms with Gasteiger partial charge in [0.05, 0.1) is 5.56 Å². The number of pyridine rings is 1. The second-order valence-electron chi connectivity index (χ2n) is 4.84. The molecule has 1 aliphatic rings. The van der Waals surface area contributed by atoms with Crippen LogP contribution < -0.4 is 4.90 Å². The molecule has 1 N–H and O–H groups in total. The lowest BCUT2D eigenvalue weighted by molar-refractivity contribution is -0.137. The normalized spacial score (nSPS) is 22.5. The van der Waals surface area contributed by atoms with Gasteiger partial charge < -0.3 is 9.84 Å². The summed E-state index contributed by atoms with van der Waals surface area (Å²) in [6.07, 6.45) is -5.33. The van der Waals surface area contributed by atoms with Gasteiger partial charge in [0, 0.05) is 19.9 Å². The Hall–Kier alpha value is -1.87. The van der Waals surface area contributed by atoms with Gasteiger partial charge in [-0.1, -0.05) is 6.92 Å². The maximum Gasteiger partial charge on any atom is 0.416 e. The zero-order chi connectivity index (χ0) is 16.5. The Morgan fingerprint density at radius 2 is 2.14 bits per heavy atom. The van der Waals surface area contributed by atoms with Crippen LogP contribution in [0.25, 0.3) is 0 Å². The maximum absolute atomic E-state index is 12.7. The molecule has 2 atom stereocenters. The zero-order valence-corrected chi connectivity index (χ0v) is 12.0. The summed E-state index contributed by atoms with van der Waals surface area (Å²) in [6, 6.07) is 0.836. The van der Waals surface area contributed by atoms with Crippen LogP contribution in [-0.2, 0) is 10.9 Å². The van der Waals surface area contributed by atoms with Gasteiger partial charge in [0.15, 0.2) is 12.5 Å². The second kappa shape index (κ2) is 6.09. The molecular formula is C13H16F3N3O3. The van der Waals surface area contributed by atoms with E-state index in [-0.39, 0.29) is 5.82 Å². The third-order valence-corrected chi connectivity index (χ3v) is 3.22. The van der Waals surface area contributed by atoms with Crippen LogP contribution in [0.3, 0.4) is 0 Å². The van der Waals surface area contributed by atoms with E-state index in [1.54, 1.807) is 0 Å². The van der Waals surface area contributed by atoms with Crippen LogP contribution in [0.5, 0.6) is 0 Å². The van der Waals surface area contributed by atoms with E-state index in [1.165, 1.54) is 7.05 Å². The number of nitrogens with zero attached hydrogens (tertiary/aromatic N) is 3. The number of hydrogen-bond donors (Lipinski definition) is 1. The fourth-order valence-corrected chi connectivity index (χ4v) is 2.12.